The van der Waals surface area contributed by atoms with E-state index in [2.05, 4.69) is 76.3 Å². The second-order valence-electron chi connectivity index (χ2n) is 8.50. The van der Waals surface area contributed by atoms with Crippen molar-refractivity contribution in [1.29, 1.82) is 0 Å². The molecule has 4 heteroatoms. The summed E-state index contributed by atoms with van der Waals surface area (Å²) in [5, 5.41) is 3.19. The minimum atomic E-state index is -0.0277. The van der Waals surface area contributed by atoms with Crippen molar-refractivity contribution in [2.75, 3.05) is 31.5 Å². The Balaban J connectivity index is 1.55. The van der Waals surface area contributed by atoms with Crippen LogP contribution in [0.25, 0.3) is 0 Å². The van der Waals surface area contributed by atoms with Gasteiger partial charge in [0, 0.05) is 11.3 Å². The van der Waals surface area contributed by atoms with Crippen molar-refractivity contribution < 1.29 is 14.6 Å². The monoisotopic (exact) mass is 381 g/mol. The molecule has 2 aromatic carbocycles. The van der Waals surface area contributed by atoms with Crippen LogP contribution in [0.4, 0.5) is 5.69 Å². The van der Waals surface area contributed by atoms with Crippen LogP contribution in [0.3, 0.4) is 0 Å². The van der Waals surface area contributed by atoms with Crippen LogP contribution in [0.2, 0.25) is 0 Å². The van der Waals surface area contributed by atoms with Crippen LogP contribution >= 0.6 is 0 Å². The smallest absolute Gasteiger partial charge is 0.282 e. The Bertz CT molecular complexity index is 814. The lowest BCUT2D eigenvalue weighted by atomic mass is 10.0. The molecule has 0 unspecified atom stereocenters. The number of amides is 1. The highest BCUT2D eigenvalue weighted by atomic mass is 16.2. The van der Waals surface area contributed by atoms with Crippen molar-refractivity contribution in [3.05, 3.63) is 64.2 Å². The molecule has 3 rings (SSSR count). The fraction of sp³-hybridized carbons (Fsp3) is 0.458. The van der Waals surface area contributed by atoms with E-state index in [9.17, 15) is 4.79 Å². The molecule has 1 fully saturated rings. The van der Waals surface area contributed by atoms with Crippen molar-refractivity contribution >= 4 is 11.6 Å². The van der Waals surface area contributed by atoms with Gasteiger partial charge in [0.05, 0.1) is 0 Å². The van der Waals surface area contributed by atoms with E-state index in [1.807, 2.05) is 0 Å². The molecule has 150 valence electrons. The number of carbonyl (C=O) groups is 1. The molecule has 4 nitrogen and oxygen atoms in total. The molecule has 0 radical (unpaired) electrons. The van der Waals surface area contributed by atoms with Crippen molar-refractivity contribution in [3.8, 4) is 0 Å². The zero-order valence-corrected chi connectivity index (χ0v) is 18.0. The number of nitrogens with one attached hydrogen (secondary N) is 3. The van der Waals surface area contributed by atoms with Gasteiger partial charge in [-0.15, -0.1) is 0 Å². The number of aryl methyl sites for hydroxylation is 4. The van der Waals surface area contributed by atoms with Gasteiger partial charge in [0.15, 0.2) is 6.04 Å². The Morgan fingerprint density at radius 3 is 2.18 bits per heavy atom. The van der Waals surface area contributed by atoms with Gasteiger partial charge < -0.3 is 15.1 Å². The Morgan fingerprint density at radius 1 is 0.964 bits per heavy atom. The Morgan fingerprint density at radius 2 is 1.57 bits per heavy atom. The van der Waals surface area contributed by atoms with E-state index >= 15 is 0 Å². The zero-order valence-electron chi connectivity index (χ0n) is 18.0. The summed E-state index contributed by atoms with van der Waals surface area (Å²) < 4.78 is 0. The van der Waals surface area contributed by atoms with Crippen LogP contribution in [0, 0.1) is 27.7 Å². The van der Waals surface area contributed by atoms with E-state index in [-0.39, 0.29) is 11.9 Å². The van der Waals surface area contributed by atoms with Crippen LogP contribution in [0.15, 0.2) is 36.4 Å². The van der Waals surface area contributed by atoms with Gasteiger partial charge in [-0.1, -0.05) is 42.0 Å². The quantitative estimate of drug-likeness (QED) is 0.716. The van der Waals surface area contributed by atoms with Crippen molar-refractivity contribution in [2.24, 2.45) is 0 Å². The maximum atomic E-state index is 12.9. The number of hydrogen-bond donors (Lipinski definition) is 3. The molecule has 1 aliphatic rings. The summed E-state index contributed by atoms with van der Waals surface area (Å²) in [6, 6.07) is 12.9. The molecule has 1 amide bonds. The van der Waals surface area contributed by atoms with Gasteiger partial charge >= 0.3 is 0 Å². The van der Waals surface area contributed by atoms with Crippen molar-refractivity contribution in [2.45, 2.75) is 47.2 Å². The minimum absolute atomic E-state index is 0.0277. The van der Waals surface area contributed by atoms with Crippen molar-refractivity contribution in [3.63, 3.8) is 0 Å². The number of anilines is 1. The first-order valence-electron chi connectivity index (χ1n) is 10.5. The molecule has 0 saturated carbocycles. The van der Waals surface area contributed by atoms with Gasteiger partial charge in [0.25, 0.3) is 5.91 Å². The molecular weight excluding hydrogens is 346 g/mol. The van der Waals surface area contributed by atoms with E-state index in [1.165, 1.54) is 21.6 Å². The molecule has 0 bridgehead atoms. The standard InChI is InChI=1S/C24H33N3O/c1-17-14-19(3)23(20(4)15-17)25-24(28)21(5)27-12-10-26(11-13-27)16-22-9-7-6-8-18(22)2/h6-9,14-15,21H,10-13,16H2,1-5H3,(H,25,28)/p+2/t21-/m1/s1. The van der Waals surface area contributed by atoms with Gasteiger partial charge in [0.2, 0.25) is 0 Å². The van der Waals surface area contributed by atoms with Gasteiger partial charge in [-0.2, -0.15) is 0 Å². The van der Waals surface area contributed by atoms with Crippen LogP contribution in [-0.2, 0) is 11.3 Å². The molecule has 0 spiro atoms. The lowest BCUT2D eigenvalue weighted by molar-refractivity contribution is -1.02. The molecule has 1 atom stereocenters. The highest BCUT2D eigenvalue weighted by Crippen LogP contribution is 2.21. The van der Waals surface area contributed by atoms with E-state index in [1.54, 1.807) is 4.90 Å². The zero-order chi connectivity index (χ0) is 20.3. The van der Waals surface area contributed by atoms with Gasteiger partial charge in [-0.3, -0.25) is 4.79 Å². The lowest BCUT2D eigenvalue weighted by Gasteiger charge is -2.33. The SMILES string of the molecule is Cc1cc(C)c(NC(=O)[C@@H](C)[NH+]2CC[NH+](Cc3ccccc3C)CC2)c(C)c1. The third-order valence-electron chi connectivity index (χ3n) is 6.23. The largest absolute Gasteiger partial charge is 0.322 e. The van der Waals surface area contributed by atoms with Gasteiger partial charge in [-0.05, 0) is 51.3 Å². The molecule has 1 aliphatic heterocycles. The molecule has 3 N–H and O–H groups in total. The number of hydrogen-bond acceptors (Lipinski definition) is 1. The van der Waals surface area contributed by atoms with Crippen molar-refractivity contribution in [1.82, 2.24) is 0 Å². The summed E-state index contributed by atoms with van der Waals surface area (Å²) in [7, 11) is 0. The molecule has 0 aliphatic carbocycles. The average Bonchev–Trinajstić information content (AvgIpc) is 2.66. The fourth-order valence-electron chi connectivity index (χ4n) is 4.41. The predicted octanol–water partition coefficient (Wildman–Crippen LogP) is 1.23. The third-order valence-corrected chi connectivity index (χ3v) is 6.23. The first-order chi connectivity index (χ1) is 13.3. The Labute approximate surface area is 169 Å². The van der Waals surface area contributed by atoms with Crippen LogP contribution < -0.4 is 15.1 Å². The first-order valence-corrected chi connectivity index (χ1v) is 10.5. The topological polar surface area (TPSA) is 38.0 Å². The molecule has 28 heavy (non-hydrogen) atoms. The maximum Gasteiger partial charge on any atom is 0.282 e. The van der Waals surface area contributed by atoms with Crippen LogP contribution in [0.1, 0.15) is 34.7 Å². The third kappa shape index (κ3) is 4.81. The summed E-state index contributed by atoms with van der Waals surface area (Å²) >= 11 is 0. The number of benzene rings is 2. The number of piperazine rings is 1. The highest BCUT2D eigenvalue weighted by Gasteiger charge is 2.31. The van der Waals surface area contributed by atoms with E-state index in [0.29, 0.717) is 0 Å². The highest BCUT2D eigenvalue weighted by molar-refractivity contribution is 5.95. The van der Waals surface area contributed by atoms with E-state index < -0.39 is 0 Å². The maximum absolute atomic E-state index is 12.9. The molecule has 2 aromatic rings. The van der Waals surface area contributed by atoms with Crippen LogP contribution in [0.5, 0.6) is 0 Å². The second kappa shape index (κ2) is 8.89. The lowest BCUT2D eigenvalue weighted by Crippen LogP contribution is -3.29. The number of rotatable bonds is 5. The Hall–Kier alpha value is -2.17. The second-order valence-corrected chi connectivity index (χ2v) is 8.50. The van der Waals surface area contributed by atoms with E-state index in [0.717, 1.165) is 49.5 Å². The number of quaternary nitrogens is 2. The summed E-state index contributed by atoms with van der Waals surface area (Å²) in [5.41, 5.74) is 7.31. The summed E-state index contributed by atoms with van der Waals surface area (Å²) in [6.45, 7) is 15.9. The minimum Gasteiger partial charge on any atom is -0.322 e. The molecule has 1 heterocycles. The molecule has 0 aromatic heterocycles. The van der Waals surface area contributed by atoms with Gasteiger partial charge in [0.1, 0.15) is 32.7 Å². The van der Waals surface area contributed by atoms with Gasteiger partial charge in [-0.25, -0.2) is 0 Å². The number of carbonyl (C=O) groups excluding carboxylic acids is 1. The molecular formula is C24H35N3O+2. The summed E-state index contributed by atoms with van der Waals surface area (Å²) in [4.78, 5) is 15.9. The first kappa shape index (κ1) is 20.6. The normalized spacial score (nSPS) is 20.6. The fourth-order valence-corrected chi connectivity index (χ4v) is 4.41. The predicted molar refractivity (Wildman–Crippen MR) is 115 cm³/mol. The molecule has 1 saturated heterocycles. The average molecular weight is 382 g/mol. The van der Waals surface area contributed by atoms with Crippen LogP contribution in [-0.4, -0.2) is 38.1 Å². The summed E-state index contributed by atoms with van der Waals surface area (Å²) in [6.07, 6.45) is 0. The van der Waals surface area contributed by atoms with E-state index in [4.69, 9.17) is 0 Å². The Kier molecular flexibility index (Phi) is 6.53. The summed E-state index contributed by atoms with van der Waals surface area (Å²) in [5.74, 6) is 0.132.